The van der Waals surface area contributed by atoms with E-state index in [2.05, 4.69) is 39.0 Å². The molecule has 0 saturated carbocycles. The van der Waals surface area contributed by atoms with Gasteiger partial charge in [0.1, 0.15) is 18.5 Å². The first-order valence-corrected chi connectivity index (χ1v) is 11.0. The van der Waals surface area contributed by atoms with E-state index in [0.29, 0.717) is 6.54 Å². The van der Waals surface area contributed by atoms with E-state index in [9.17, 15) is 5.11 Å². The van der Waals surface area contributed by atoms with Gasteiger partial charge in [0.15, 0.2) is 0 Å². The molecule has 6 heteroatoms. The Hall–Kier alpha value is -2.51. The van der Waals surface area contributed by atoms with Crippen LogP contribution in [0.4, 0.5) is 0 Å². The van der Waals surface area contributed by atoms with E-state index in [4.69, 9.17) is 9.84 Å². The second-order valence-electron chi connectivity index (χ2n) is 8.18. The fourth-order valence-corrected chi connectivity index (χ4v) is 4.15. The molecule has 2 heterocycles. The molecule has 2 aromatic carbocycles. The summed E-state index contributed by atoms with van der Waals surface area (Å²) in [5, 5.41) is 21.7. The number of hydrogen-bond donors (Lipinski definition) is 2. The standard InChI is InChI=1S/C25H31N3O3/c1-19-6-7-20(16-26-19)22-8-9-25(24-5-3-2-4-23(22)24)31-18-21(30)17-28-12-10-27(11-13-28)14-15-29/h2-9,16,21,29-30H,10-15,17-18H2,1H3. The molecular formula is C25H31N3O3. The normalized spacial score (nSPS) is 16.5. The predicted octanol–water partition coefficient (Wildman–Crippen LogP) is 2.56. The van der Waals surface area contributed by atoms with E-state index < -0.39 is 6.10 Å². The summed E-state index contributed by atoms with van der Waals surface area (Å²) in [6.45, 7) is 7.41. The quantitative estimate of drug-likeness (QED) is 0.583. The van der Waals surface area contributed by atoms with Crippen molar-refractivity contribution in [3.8, 4) is 16.9 Å². The number of β-amino-alcohol motifs (C(OH)–C–C–N with tert-alkyl or cyclic N) is 2. The molecule has 31 heavy (non-hydrogen) atoms. The van der Waals surface area contributed by atoms with Crippen molar-refractivity contribution in [1.82, 2.24) is 14.8 Å². The van der Waals surface area contributed by atoms with E-state index >= 15 is 0 Å². The SMILES string of the molecule is Cc1ccc(-c2ccc(OCC(O)CN3CCN(CCO)CC3)c3ccccc23)cn1. The third-order valence-electron chi connectivity index (χ3n) is 5.89. The lowest BCUT2D eigenvalue weighted by atomic mass is 9.98. The number of pyridine rings is 1. The largest absolute Gasteiger partial charge is 0.490 e. The molecule has 1 aromatic heterocycles. The average molecular weight is 422 g/mol. The number of nitrogens with zero attached hydrogens (tertiary/aromatic N) is 3. The molecule has 0 spiro atoms. The molecule has 164 valence electrons. The molecule has 1 saturated heterocycles. The number of fused-ring (bicyclic) bond motifs is 1. The summed E-state index contributed by atoms with van der Waals surface area (Å²) in [7, 11) is 0. The van der Waals surface area contributed by atoms with E-state index in [1.54, 1.807) is 0 Å². The number of aromatic nitrogens is 1. The molecule has 6 nitrogen and oxygen atoms in total. The average Bonchev–Trinajstić information content (AvgIpc) is 2.79. The number of benzene rings is 2. The number of rotatable bonds is 8. The molecule has 1 fully saturated rings. The summed E-state index contributed by atoms with van der Waals surface area (Å²) in [6.07, 6.45) is 1.35. The van der Waals surface area contributed by atoms with Crippen LogP contribution < -0.4 is 4.74 Å². The molecule has 1 unspecified atom stereocenters. The zero-order valence-electron chi connectivity index (χ0n) is 18.1. The number of aliphatic hydroxyl groups excluding tert-OH is 2. The highest BCUT2D eigenvalue weighted by molar-refractivity contribution is 6.00. The molecule has 3 aromatic rings. The van der Waals surface area contributed by atoms with Crippen molar-refractivity contribution in [1.29, 1.82) is 0 Å². The van der Waals surface area contributed by atoms with E-state index in [-0.39, 0.29) is 13.2 Å². The molecule has 1 aliphatic rings. The zero-order chi connectivity index (χ0) is 21.6. The number of hydrogen-bond acceptors (Lipinski definition) is 6. The van der Waals surface area contributed by atoms with Crippen LogP contribution in [0.25, 0.3) is 21.9 Å². The Kier molecular flexibility index (Phi) is 7.14. The highest BCUT2D eigenvalue weighted by Crippen LogP contribution is 2.34. The summed E-state index contributed by atoms with van der Waals surface area (Å²) < 4.78 is 6.06. The predicted molar refractivity (Wildman–Crippen MR) is 123 cm³/mol. The van der Waals surface area contributed by atoms with Crippen molar-refractivity contribution in [2.75, 3.05) is 52.5 Å². The van der Waals surface area contributed by atoms with E-state index in [1.165, 1.54) is 0 Å². The second kappa shape index (κ2) is 10.2. The lowest BCUT2D eigenvalue weighted by Gasteiger charge is -2.35. The van der Waals surface area contributed by atoms with Crippen LogP contribution in [0, 0.1) is 6.92 Å². The Bertz CT molecular complexity index is 985. The Labute approximate surface area is 183 Å². The maximum Gasteiger partial charge on any atom is 0.127 e. The van der Waals surface area contributed by atoms with Crippen LogP contribution in [-0.4, -0.2) is 83.6 Å². The van der Waals surface area contributed by atoms with Crippen LogP contribution in [0.15, 0.2) is 54.7 Å². The minimum atomic E-state index is -0.552. The number of piperazine rings is 1. The van der Waals surface area contributed by atoms with Gasteiger partial charge in [0.25, 0.3) is 0 Å². The maximum absolute atomic E-state index is 10.5. The summed E-state index contributed by atoms with van der Waals surface area (Å²) in [4.78, 5) is 8.93. The fourth-order valence-electron chi connectivity index (χ4n) is 4.15. The third kappa shape index (κ3) is 5.40. The maximum atomic E-state index is 10.5. The van der Waals surface area contributed by atoms with Crippen molar-refractivity contribution in [2.24, 2.45) is 0 Å². The van der Waals surface area contributed by atoms with Gasteiger partial charge in [-0.25, -0.2) is 0 Å². The van der Waals surface area contributed by atoms with Crippen molar-refractivity contribution in [3.05, 3.63) is 60.4 Å². The third-order valence-corrected chi connectivity index (χ3v) is 5.89. The zero-order valence-corrected chi connectivity index (χ0v) is 18.1. The second-order valence-corrected chi connectivity index (χ2v) is 8.18. The molecule has 4 rings (SSSR count). The van der Waals surface area contributed by atoms with Gasteiger partial charge < -0.3 is 14.9 Å². The number of aryl methyl sites for hydroxylation is 1. The molecule has 1 aliphatic heterocycles. The Morgan fingerprint density at radius 3 is 2.42 bits per heavy atom. The van der Waals surface area contributed by atoms with Crippen LogP contribution >= 0.6 is 0 Å². The summed E-state index contributed by atoms with van der Waals surface area (Å²) in [5.74, 6) is 0.784. The number of aliphatic hydroxyl groups is 2. The van der Waals surface area contributed by atoms with Crippen LogP contribution in [0.5, 0.6) is 5.75 Å². The summed E-state index contributed by atoms with van der Waals surface area (Å²) in [5.41, 5.74) is 3.20. The van der Waals surface area contributed by atoms with E-state index in [0.717, 1.165) is 66.1 Å². The minimum absolute atomic E-state index is 0.198. The summed E-state index contributed by atoms with van der Waals surface area (Å²) in [6, 6.07) is 16.4. The van der Waals surface area contributed by atoms with Gasteiger partial charge in [-0.05, 0) is 36.1 Å². The molecule has 0 amide bonds. The van der Waals surface area contributed by atoms with Crippen molar-refractivity contribution in [2.45, 2.75) is 13.0 Å². The van der Waals surface area contributed by atoms with Crippen LogP contribution in [0.3, 0.4) is 0 Å². The highest BCUT2D eigenvalue weighted by atomic mass is 16.5. The fraction of sp³-hybridized carbons (Fsp3) is 0.400. The molecule has 1 atom stereocenters. The van der Waals surface area contributed by atoms with Gasteiger partial charge in [-0.3, -0.25) is 14.8 Å². The molecule has 2 N–H and O–H groups in total. The van der Waals surface area contributed by atoms with Crippen LogP contribution in [0.2, 0.25) is 0 Å². The molecular weight excluding hydrogens is 390 g/mol. The molecule has 0 radical (unpaired) electrons. The first-order chi connectivity index (χ1) is 15.1. The van der Waals surface area contributed by atoms with Gasteiger partial charge in [-0.15, -0.1) is 0 Å². The van der Waals surface area contributed by atoms with Gasteiger partial charge in [-0.2, -0.15) is 0 Å². The van der Waals surface area contributed by atoms with Crippen molar-refractivity contribution in [3.63, 3.8) is 0 Å². The van der Waals surface area contributed by atoms with Crippen LogP contribution in [0.1, 0.15) is 5.69 Å². The first kappa shape index (κ1) is 21.7. The van der Waals surface area contributed by atoms with Crippen LogP contribution in [-0.2, 0) is 0 Å². The Balaban J connectivity index is 1.41. The number of ether oxygens (including phenoxy) is 1. The Morgan fingerprint density at radius 1 is 0.968 bits per heavy atom. The lowest BCUT2D eigenvalue weighted by Crippen LogP contribution is -2.49. The topological polar surface area (TPSA) is 69.1 Å². The smallest absolute Gasteiger partial charge is 0.127 e. The van der Waals surface area contributed by atoms with E-state index in [1.807, 2.05) is 37.4 Å². The first-order valence-electron chi connectivity index (χ1n) is 11.0. The monoisotopic (exact) mass is 421 g/mol. The molecule has 0 aliphatic carbocycles. The van der Waals surface area contributed by atoms with Gasteiger partial charge in [0.2, 0.25) is 0 Å². The lowest BCUT2D eigenvalue weighted by molar-refractivity contribution is 0.0432. The van der Waals surface area contributed by atoms with Gasteiger partial charge in [0.05, 0.1) is 6.61 Å². The molecule has 0 bridgehead atoms. The van der Waals surface area contributed by atoms with Gasteiger partial charge in [0, 0.05) is 62.1 Å². The van der Waals surface area contributed by atoms with Crippen molar-refractivity contribution >= 4 is 10.8 Å². The van der Waals surface area contributed by atoms with Gasteiger partial charge in [-0.1, -0.05) is 30.3 Å². The van der Waals surface area contributed by atoms with Gasteiger partial charge >= 0.3 is 0 Å². The minimum Gasteiger partial charge on any atom is -0.490 e. The summed E-state index contributed by atoms with van der Waals surface area (Å²) >= 11 is 0. The van der Waals surface area contributed by atoms with Crippen molar-refractivity contribution < 1.29 is 14.9 Å². The Morgan fingerprint density at radius 2 is 1.71 bits per heavy atom. The highest BCUT2D eigenvalue weighted by Gasteiger charge is 2.19.